The minimum Gasteiger partial charge on any atom is -0.380 e. The van der Waals surface area contributed by atoms with Crippen molar-refractivity contribution < 1.29 is 0 Å². The van der Waals surface area contributed by atoms with Gasteiger partial charge in [0.25, 0.3) is 5.56 Å². The first-order valence-corrected chi connectivity index (χ1v) is 6.88. The van der Waals surface area contributed by atoms with E-state index >= 15 is 0 Å². The lowest BCUT2D eigenvalue weighted by Gasteiger charge is -2.15. The summed E-state index contributed by atoms with van der Waals surface area (Å²) in [7, 11) is 0. The number of anilines is 1. The van der Waals surface area contributed by atoms with Crippen LogP contribution in [0.1, 0.15) is 27.2 Å². The van der Waals surface area contributed by atoms with E-state index in [4.69, 9.17) is 0 Å². The van der Waals surface area contributed by atoms with Gasteiger partial charge in [-0.15, -0.1) is 6.58 Å². The quantitative estimate of drug-likeness (QED) is 0.821. The van der Waals surface area contributed by atoms with Crippen molar-refractivity contribution in [2.45, 2.75) is 39.8 Å². The molecule has 1 aromatic heterocycles. The second-order valence-corrected chi connectivity index (χ2v) is 5.62. The Morgan fingerprint density at radius 2 is 2.22 bits per heavy atom. The summed E-state index contributed by atoms with van der Waals surface area (Å²) in [5.74, 6) is 0.389. The number of hydrogen-bond donors (Lipinski definition) is 1. The number of aromatic nitrogens is 2. The van der Waals surface area contributed by atoms with E-state index in [1.165, 1.54) is 4.68 Å². The van der Waals surface area contributed by atoms with Crippen molar-refractivity contribution in [2.24, 2.45) is 5.92 Å². The molecule has 1 heterocycles. The summed E-state index contributed by atoms with van der Waals surface area (Å²) >= 11 is 3.34. The molecule has 0 fully saturated rings. The summed E-state index contributed by atoms with van der Waals surface area (Å²) in [5.41, 5.74) is 0.633. The standard InChI is InChI=1S/C13H20BrN3O/c1-5-6-10(4)16-11-7-15-17(8-9(2)3)13(18)12(11)14/h5,7,9-10,16H,1,6,8H2,2-4H3. The van der Waals surface area contributed by atoms with Gasteiger partial charge in [0.05, 0.1) is 11.9 Å². The molecule has 0 saturated carbocycles. The summed E-state index contributed by atoms with van der Waals surface area (Å²) in [5, 5.41) is 7.42. The van der Waals surface area contributed by atoms with Gasteiger partial charge in [0, 0.05) is 12.6 Å². The number of halogens is 1. The molecule has 18 heavy (non-hydrogen) atoms. The van der Waals surface area contributed by atoms with Crippen molar-refractivity contribution in [2.75, 3.05) is 5.32 Å². The van der Waals surface area contributed by atoms with Gasteiger partial charge in [0.15, 0.2) is 0 Å². The van der Waals surface area contributed by atoms with Gasteiger partial charge in [-0.2, -0.15) is 5.10 Å². The lowest BCUT2D eigenvalue weighted by molar-refractivity contribution is 0.462. The van der Waals surface area contributed by atoms with Gasteiger partial charge in [0.1, 0.15) is 4.47 Å². The van der Waals surface area contributed by atoms with Crippen LogP contribution in [-0.2, 0) is 6.54 Å². The molecular formula is C13H20BrN3O. The van der Waals surface area contributed by atoms with Gasteiger partial charge in [0.2, 0.25) is 0 Å². The van der Waals surface area contributed by atoms with Gasteiger partial charge in [-0.3, -0.25) is 4.79 Å². The Kier molecular flexibility index (Phi) is 5.59. The molecule has 5 heteroatoms. The topological polar surface area (TPSA) is 46.9 Å². The van der Waals surface area contributed by atoms with Crippen LogP contribution in [0, 0.1) is 5.92 Å². The molecule has 0 spiro atoms. The zero-order valence-electron chi connectivity index (χ0n) is 11.1. The van der Waals surface area contributed by atoms with Crippen molar-refractivity contribution in [1.82, 2.24) is 9.78 Å². The summed E-state index contributed by atoms with van der Waals surface area (Å²) in [6.45, 7) is 10.5. The van der Waals surface area contributed by atoms with Crippen LogP contribution in [0.2, 0.25) is 0 Å². The average Bonchev–Trinajstić information content (AvgIpc) is 2.29. The van der Waals surface area contributed by atoms with Crippen molar-refractivity contribution in [3.05, 3.63) is 33.7 Å². The SMILES string of the molecule is C=CCC(C)Nc1cnn(CC(C)C)c(=O)c1Br. The highest BCUT2D eigenvalue weighted by molar-refractivity contribution is 9.10. The van der Waals surface area contributed by atoms with Crippen LogP contribution < -0.4 is 10.9 Å². The number of nitrogens with zero attached hydrogens (tertiary/aromatic N) is 2. The molecule has 0 aliphatic carbocycles. The van der Waals surface area contributed by atoms with Crippen LogP contribution in [-0.4, -0.2) is 15.8 Å². The minimum atomic E-state index is -0.0977. The largest absolute Gasteiger partial charge is 0.380 e. The van der Waals surface area contributed by atoms with Gasteiger partial charge in [-0.05, 0) is 35.2 Å². The summed E-state index contributed by atoms with van der Waals surface area (Å²) < 4.78 is 2.02. The predicted molar refractivity (Wildman–Crippen MR) is 78.9 cm³/mol. The Bertz CT molecular complexity index is 468. The second kappa shape index (κ2) is 6.73. The van der Waals surface area contributed by atoms with E-state index in [-0.39, 0.29) is 11.6 Å². The molecule has 4 nitrogen and oxygen atoms in total. The fraction of sp³-hybridized carbons (Fsp3) is 0.538. The zero-order chi connectivity index (χ0) is 13.7. The van der Waals surface area contributed by atoms with Crippen LogP contribution in [0.5, 0.6) is 0 Å². The first-order valence-electron chi connectivity index (χ1n) is 6.08. The molecule has 0 saturated heterocycles. The Morgan fingerprint density at radius 3 is 2.78 bits per heavy atom. The zero-order valence-corrected chi connectivity index (χ0v) is 12.7. The molecule has 1 N–H and O–H groups in total. The molecule has 0 aliphatic rings. The third-order valence-electron chi connectivity index (χ3n) is 2.45. The molecule has 0 radical (unpaired) electrons. The van der Waals surface area contributed by atoms with E-state index in [0.717, 1.165) is 12.1 Å². The lowest BCUT2D eigenvalue weighted by Crippen LogP contribution is -2.27. The molecular weight excluding hydrogens is 294 g/mol. The summed E-state index contributed by atoms with van der Waals surface area (Å²) in [4.78, 5) is 12.1. The van der Waals surface area contributed by atoms with Crippen molar-refractivity contribution in [3.63, 3.8) is 0 Å². The smallest absolute Gasteiger partial charge is 0.283 e. The number of nitrogens with one attached hydrogen (secondary N) is 1. The highest BCUT2D eigenvalue weighted by Crippen LogP contribution is 2.18. The van der Waals surface area contributed by atoms with E-state index in [1.54, 1.807) is 6.20 Å². The highest BCUT2D eigenvalue weighted by Gasteiger charge is 2.11. The number of rotatable bonds is 6. The third kappa shape index (κ3) is 3.98. The van der Waals surface area contributed by atoms with Crippen molar-refractivity contribution in [3.8, 4) is 0 Å². The predicted octanol–water partition coefficient (Wildman–Crippen LogP) is 3.04. The molecule has 1 aromatic rings. The number of hydrogen-bond acceptors (Lipinski definition) is 3. The first kappa shape index (κ1) is 15.0. The second-order valence-electron chi connectivity index (χ2n) is 4.82. The van der Waals surface area contributed by atoms with E-state index in [0.29, 0.717) is 16.9 Å². The van der Waals surface area contributed by atoms with Crippen LogP contribution in [0.3, 0.4) is 0 Å². The fourth-order valence-electron chi connectivity index (χ4n) is 1.62. The van der Waals surface area contributed by atoms with Crippen LogP contribution in [0.15, 0.2) is 28.1 Å². The summed E-state index contributed by atoms with van der Waals surface area (Å²) in [6.07, 6.45) is 4.37. The lowest BCUT2D eigenvalue weighted by atomic mass is 10.2. The summed E-state index contributed by atoms with van der Waals surface area (Å²) in [6, 6.07) is 0.223. The normalized spacial score (nSPS) is 12.5. The maximum absolute atomic E-state index is 12.1. The molecule has 0 amide bonds. The van der Waals surface area contributed by atoms with Gasteiger partial charge in [-0.25, -0.2) is 4.68 Å². The molecule has 1 rings (SSSR count). The van der Waals surface area contributed by atoms with Gasteiger partial charge in [-0.1, -0.05) is 19.9 Å². The van der Waals surface area contributed by atoms with Gasteiger partial charge < -0.3 is 5.32 Å². The fourth-order valence-corrected chi connectivity index (χ4v) is 2.04. The Balaban J connectivity index is 2.93. The molecule has 0 bridgehead atoms. The first-order chi connectivity index (χ1) is 8.45. The minimum absolute atomic E-state index is 0.0977. The molecule has 1 unspecified atom stereocenters. The molecule has 0 aromatic carbocycles. The monoisotopic (exact) mass is 313 g/mol. The van der Waals surface area contributed by atoms with Crippen LogP contribution in [0.25, 0.3) is 0 Å². The van der Waals surface area contributed by atoms with E-state index in [9.17, 15) is 4.79 Å². The average molecular weight is 314 g/mol. The van der Waals surface area contributed by atoms with E-state index < -0.39 is 0 Å². The molecule has 100 valence electrons. The third-order valence-corrected chi connectivity index (χ3v) is 3.21. The van der Waals surface area contributed by atoms with Gasteiger partial charge >= 0.3 is 0 Å². The van der Waals surface area contributed by atoms with Crippen LogP contribution in [0.4, 0.5) is 5.69 Å². The Labute approximate surface area is 116 Å². The Morgan fingerprint density at radius 1 is 1.56 bits per heavy atom. The van der Waals surface area contributed by atoms with Crippen LogP contribution >= 0.6 is 15.9 Å². The molecule has 0 aliphatic heterocycles. The maximum atomic E-state index is 12.1. The van der Waals surface area contributed by atoms with E-state index in [2.05, 4.69) is 46.8 Å². The van der Waals surface area contributed by atoms with Crippen molar-refractivity contribution >= 4 is 21.6 Å². The molecule has 1 atom stereocenters. The van der Waals surface area contributed by atoms with E-state index in [1.807, 2.05) is 13.0 Å². The van der Waals surface area contributed by atoms with Crippen molar-refractivity contribution in [1.29, 1.82) is 0 Å². The highest BCUT2D eigenvalue weighted by atomic mass is 79.9. The Hall–Kier alpha value is -1.10. The maximum Gasteiger partial charge on any atom is 0.283 e.